The summed E-state index contributed by atoms with van der Waals surface area (Å²) in [6.45, 7) is 0. The van der Waals surface area contributed by atoms with E-state index in [0.29, 0.717) is 11.1 Å². The number of benzene rings is 1. The van der Waals surface area contributed by atoms with Crippen molar-refractivity contribution in [3.8, 4) is 23.9 Å². The molecule has 4 N–H and O–H groups in total. The van der Waals surface area contributed by atoms with Crippen molar-refractivity contribution < 1.29 is 9.47 Å². The van der Waals surface area contributed by atoms with E-state index >= 15 is 0 Å². The number of rotatable bonds is 2. The molecule has 0 aliphatic carbocycles. The molecular weight excluding hydrogens is 520 g/mol. The molecule has 2 atom stereocenters. The minimum Gasteiger partial charge on any atom is -0.423 e. The maximum Gasteiger partial charge on any atom is 0.333 e. The molecule has 2 aromatic heterocycles. The normalized spacial score (nSPS) is 17.8. The van der Waals surface area contributed by atoms with Gasteiger partial charge in [-0.05, 0) is 11.1 Å². The average molecular weight is 543 g/mol. The fraction of sp³-hybridized carbons (Fsp3) is 0.231. The number of hydrogen-bond donors (Lipinski definition) is 2. The Kier molecular flexibility index (Phi) is 5.77. The smallest absolute Gasteiger partial charge is 0.333 e. The first-order valence-electron chi connectivity index (χ1n) is 11.8. The highest BCUT2D eigenvalue weighted by molar-refractivity contribution is 5.56. The number of hydrogen-bond acceptors (Lipinski definition) is 10. The standard InChI is InChI=1S/C26H22N8O6/c1-31-21(35)17-15(13(9-27)19(29)39-23(17)33(3)25(31)37)11-5-7-12(8-6-11)16-14(10-28)20(30)40-24-18(16)22(36)32(2)26(38)34(24)4/h5-8,15-16H,29-30H2,1-4H3. The van der Waals surface area contributed by atoms with Gasteiger partial charge in [0.15, 0.2) is 0 Å². The van der Waals surface area contributed by atoms with E-state index in [-0.39, 0.29) is 45.8 Å². The molecule has 5 rings (SSSR count). The van der Waals surface area contributed by atoms with Crippen LogP contribution < -0.4 is 43.4 Å². The topological polar surface area (TPSA) is 206 Å². The molecule has 2 unspecified atom stereocenters. The second kappa shape index (κ2) is 8.92. The van der Waals surface area contributed by atoms with Gasteiger partial charge in [-0.15, -0.1) is 0 Å². The summed E-state index contributed by atoms with van der Waals surface area (Å²) >= 11 is 0. The number of nitrogens with two attached hydrogens (primary N) is 2. The van der Waals surface area contributed by atoms with E-state index in [0.717, 1.165) is 18.3 Å². The van der Waals surface area contributed by atoms with Crippen LogP contribution in [0.25, 0.3) is 0 Å². The summed E-state index contributed by atoms with van der Waals surface area (Å²) < 4.78 is 15.1. The lowest BCUT2D eigenvalue weighted by molar-refractivity contribution is 0.348. The summed E-state index contributed by atoms with van der Waals surface area (Å²) in [5, 5.41) is 19.8. The molecule has 202 valence electrons. The molecule has 4 heterocycles. The quantitative estimate of drug-likeness (QED) is 0.400. The number of fused-ring (bicyclic) bond motifs is 2. The Hall–Kier alpha value is -5.76. The Morgan fingerprint density at radius 1 is 0.650 bits per heavy atom. The zero-order valence-corrected chi connectivity index (χ0v) is 21.8. The first-order chi connectivity index (χ1) is 18.9. The lowest BCUT2D eigenvalue weighted by atomic mass is 9.81. The first kappa shape index (κ1) is 25.9. The summed E-state index contributed by atoms with van der Waals surface area (Å²) in [7, 11) is 5.47. The van der Waals surface area contributed by atoms with Gasteiger partial charge in [0.25, 0.3) is 11.1 Å². The monoisotopic (exact) mass is 542 g/mol. The van der Waals surface area contributed by atoms with Crippen LogP contribution >= 0.6 is 0 Å². The van der Waals surface area contributed by atoms with E-state index in [4.69, 9.17) is 20.9 Å². The maximum absolute atomic E-state index is 13.2. The average Bonchev–Trinajstić information content (AvgIpc) is 2.95. The van der Waals surface area contributed by atoms with Gasteiger partial charge in [0, 0.05) is 28.2 Å². The van der Waals surface area contributed by atoms with Crippen LogP contribution in [0, 0.1) is 22.7 Å². The Morgan fingerprint density at radius 2 is 0.975 bits per heavy atom. The molecule has 3 aromatic rings. The minimum absolute atomic E-state index is 0.0295. The molecule has 14 nitrogen and oxygen atoms in total. The maximum atomic E-state index is 13.2. The third-order valence-corrected chi connectivity index (χ3v) is 7.23. The predicted octanol–water partition coefficient (Wildman–Crippen LogP) is -1.08. The molecule has 0 spiro atoms. The van der Waals surface area contributed by atoms with E-state index in [1.807, 2.05) is 12.1 Å². The van der Waals surface area contributed by atoms with Crippen LogP contribution in [-0.4, -0.2) is 18.3 Å². The van der Waals surface area contributed by atoms with Crippen molar-refractivity contribution in [1.29, 1.82) is 10.5 Å². The Bertz CT molecular complexity index is 1880. The third-order valence-electron chi connectivity index (χ3n) is 7.23. The van der Waals surface area contributed by atoms with Gasteiger partial charge in [0.1, 0.15) is 23.3 Å². The highest BCUT2D eigenvalue weighted by atomic mass is 16.5. The van der Waals surface area contributed by atoms with E-state index in [2.05, 4.69) is 0 Å². The fourth-order valence-electron chi connectivity index (χ4n) is 5.12. The predicted molar refractivity (Wildman–Crippen MR) is 139 cm³/mol. The fourth-order valence-corrected chi connectivity index (χ4v) is 5.12. The first-order valence-corrected chi connectivity index (χ1v) is 11.8. The minimum atomic E-state index is -0.972. The van der Waals surface area contributed by atoms with Gasteiger partial charge in [-0.1, -0.05) is 24.3 Å². The number of nitrogens with zero attached hydrogens (tertiary/aromatic N) is 6. The van der Waals surface area contributed by atoms with Crippen LogP contribution in [0.4, 0.5) is 0 Å². The Morgan fingerprint density at radius 3 is 1.27 bits per heavy atom. The summed E-state index contributed by atoms with van der Waals surface area (Å²) in [5.74, 6) is -2.61. The van der Waals surface area contributed by atoms with Crippen molar-refractivity contribution in [2.24, 2.45) is 39.7 Å². The largest absolute Gasteiger partial charge is 0.423 e. The molecular formula is C26H22N8O6. The number of allylic oxidation sites excluding steroid dienone is 2. The van der Waals surface area contributed by atoms with Gasteiger partial charge in [-0.3, -0.25) is 27.9 Å². The van der Waals surface area contributed by atoms with Crippen molar-refractivity contribution in [1.82, 2.24) is 18.3 Å². The van der Waals surface area contributed by atoms with Crippen LogP contribution in [0.15, 0.2) is 66.4 Å². The van der Waals surface area contributed by atoms with Gasteiger partial charge in [0.05, 0.1) is 23.0 Å². The van der Waals surface area contributed by atoms with Crippen LogP contribution in [0.5, 0.6) is 11.8 Å². The summed E-state index contributed by atoms with van der Waals surface area (Å²) in [6.07, 6.45) is 0. The molecule has 0 amide bonds. The van der Waals surface area contributed by atoms with Crippen LogP contribution in [0.2, 0.25) is 0 Å². The van der Waals surface area contributed by atoms with E-state index < -0.39 is 34.3 Å². The van der Waals surface area contributed by atoms with Gasteiger partial charge in [-0.25, -0.2) is 9.59 Å². The summed E-state index contributed by atoms with van der Waals surface area (Å²) in [4.78, 5) is 51.4. The molecule has 2 aliphatic rings. The van der Waals surface area contributed by atoms with E-state index in [9.17, 15) is 29.7 Å². The molecule has 0 bridgehead atoms. The Balaban J connectivity index is 1.73. The van der Waals surface area contributed by atoms with Crippen molar-refractivity contribution in [2.45, 2.75) is 11.8 Å². The second-order valence-electron chi connectivity index (χ2n) is 9.37. The van der Waals surface area contributed by atoms with Gasteiger partial charge in [0.2, 0.25) is 23.5 Å². The van der Waals surface area contributed by atoms with Gasteiger partial charge >= 0.3 is 11.4 Å². The highest BCUT2D eigenvalue weighted by Crippen LogP contribution is 2.42. The lowest BCUT2D eigenvalue weighted by Gasteiger charge is -2.28. The zero-order valence-electron chi connectivity index (χ0n) is 21.8. The van der Waals surface area contributed by atoms with E-state index in [1.54, 1.807) is 24.3 Å². The molecule has 0 saturated carbocycles. The molecule has 0 saturated heterocycles. The van der Waals surface area contributed by atoms with Crippen molar-refractivity contribution in [3.05, 3.63) is 111 Å². The molecule has 14 heteroatoms. The van der Waals surface area contributed by atoms with Crippen LogP contribution in [0.1, 0.15) is 34.1 Å². The van der Waals surface area contributed by atoms with Crippen molar-refractivity contribution >= 4 is 0 Å². The van der Waals surface area contributed by atoms with Gasteiger partial charge in [-0.2, -0.15) is 10.5 Å². The van der Waals surface area contributed by atoms with Crippen molar-refractivity contribution in [2.75, 3.05) is 0 Å². The molecule has 0 radical (unpaired) electrons. The van der Waals surface area contributed by atoms with Crippen LogP contribution in [0.3, 0.4) is 0 Å². The molecule has 0 fully saturated rings. The summed E-state index contributed by atoms with van der Waals surface area (Å²) in [5.41, 5.74) is 10.4. The van der Waals surface area contributed by atoms with Gasteiger partial charge < -0.3 is 20.9 Å². The molecule has 40 heavy (non-hydrogen) atoms. The van der Waals surface area contributed by atoms with Crippen LogP contribution in [-0.2, 0) is 28.2 Å². The molecule has 2 aliphatic heterocycles. The SMILES string of the molecule is Cn1c2c(c(=O)n(C)c1=O)C(c1ccc(C3C(C#N)=C(N)Oc4c3c(=O)n(C)c(=O)n4C)cc1)C(C#N)=C(N)O2. The number of aromatic nitrogens is 4. The lowest BCUT2D eigenvalue weighted by Crippen LogP contribution is -2.42. The highest BCUT2D eigenvalue weighted by Gasteiger charge is 2.38. The van der Waals surface area contributed by atoms with Crippen molar-refractivity contribution in [3.63, 3.8) is 0 Å². The summed E-state index contributed by atoms with van der Waals surface area (Å²) in [6, 6.07) is 10.4. The van der Waals surface area contributed by atoms with E-state index in [1.165, 1.54) is 28.2 Å². The second-order valence-corrected chi connectivity index (χ2v) is 9.37. The molecule has 1 aromatic carbocycles. The number of nitriles is 2. The zero-order chi connectivity index (χ0) is 29.2. The number of ether oxygens (including phenoxy) is 2. The third kappa shape index (κ3) is 3.40. The Labute approximate surface area is 225 Å².